The smallest absolute Gasteiger partial charge is 0.309 e. The largest absolute Gasteiger partial charge is 0.458 e. The van der Waals surface area contributed by atoms with E-state index in [-0.39, 0.29) is 36.3 Å². The molecule has 0 amide bonds. The first-order valence-corrected chi connectivity index (χ1v) is 13.8. The highest BCUT2D eigenvalue weighted by atomic mass is 16.5. The van der Waals surface area contributed by atoms with E-state index >= 15 is 0 Å². The number of rotatable bonds is 4. The number of hydrogen-bond donors (Lipinski definition) is 3. The minimum Gasteiger partial charge on any atom is -0.458 e. The summed E-state index contributed by atoms with van der Waals surface area (Å²) < 4.78 is 11.3. The topological polar surface area (TPSA) is 133 Å². The molecule has 0 radical (unpaired) electrons. The molecule has 3 N–H and O–H groups in total. The Morgan fingerprint density at radius 2 is 1.92 bits per heavy atom. The van der Waals surface area contributed by atoms with Gasteiger partial charge in [0.25, 0.3) is 0 Å². The number of aliphatic hydroxyl groups is 3. The third-order valence-corrected chi connectivity index (χ3v) is 8.93. The summed E-state index contributed by atoms with van der Waals surface area (Å²) in [6.07, 6.45) is 3.32. The first kappa shape index (κ1) is 30.5. The zero-order valence-corrected chi connectivity index (χ0v) is 23.9. The van der Waals surface area contributed by atoms with Gasteiger partial charge in [0.15, 0.2) is 5.89 Å². The van der Waals surface area contributed by atoms with Gasteiger partial charge in [0, 0.05) is 37.4 Å². The summed E-state index contributed by atoms with van der Waals surface area (Å²) in [7, 11) is 0. The van der Waals surface area contributed by atoms with Gasteiger partial charge in [0.1, 0.15) is 23.8 Å². The van der Waals surface area contributed by atoms with Crippen molar-refractivity contribution in [2.45, 2.75) is 110 Å². The fourth-order valence-electron chi connectivity index (χ4n) is 6.06. The number of ketones is 1. The van der Waals surface area contributed by atoms with E-state index in [0.29, 0.717) is 24.6 Å². The normalized spacial score (nSPS) is 37.4. The highest BCUT2D eigenvalue weighted by molar-refractivity contribution is 5.88. The Hall–Kier alpha value is -2.07. The average Bonchev–Trinajstić information content (AvgIpc) is 3.15. The molecule has 2 aliphatic heterocycles. The van der Waals surface area contributed by atoms with Gasteiger partial charge in [-0.05, 0) is 44.3 Å². The zero-order valence-electron chi connectivity index (χ0n) is 23.9. The van der Waals surface area contributed by atoms with E-state index in [1.165, 1.54) is 0 Å². The number of cyclic esters (lactones) is 1. The number of esters is 1. The Balaban J connectivity index is 1.93. The van der Waals surface area contributed by atoms with Crippen molar-refractivity contribution in [3.8, 4) is 0 Å². The molecule has 9 nitrogen and oxygen atoms in total. The number of fused-ring (bicyclic) bond motifs is 1. The number of ether oxygens (including phenoxy) is 1. The second-order valence-electron chi connectivity index (χ2n) is 12.1. The van der Waals surface area contributed by atoms with Crippen LogP contribution < -0.4 is 0 Å². The lowest BCUT2D eigenvalue weighted by Gasteiger charge is -2.34. The van der Waals surface area contributed by atoms with Gasteiger partial charge in [-0.25, -0.2) is 4.98 Å². The molecule has 3 rings (SSSR count). The standard InChI is InChI=1S/C29H46N2O7/c1-17-9-8-10-29(7)23(31(29)11-12-32)14-22(18(2)13-21-16-37-20(4)30-21)38-25(34)15-24(33)28(5,6)27(36)19(3)26(17)35/h13,16-17,19,22-24,26,32-33,35H,8-12,14-15H2,1-7H3/b18-13+/t17-,19+,22-,23-,24-,26-,29+,31?/m0/s1. The van der Waals surface area contributed by atoms with Crippen molar-refractivity contribution in [2.75, 3.05) is 13.2 Å². The monoisotopic (exact) mass is 534 g/mol. The molecule has 1 unspecified atom stereocenters. The van der Waals surface area contributed by atoms with Gasteiger partial charge in [0.2, 0.25) is 0 Å². The Morgan fingerprint density at radius 3 is 2.53 bits per heavy atom. The van der Waals surface area contributed by atoms with Crippen molar-refractivity contribution in [2.24, 2.45) is 17.3 Å². The third-order valence-electron chi connectivity index (χ3n) is 8.93. The second kappa shape index (κ2) is 12.0. The first-order chi connectivity index (χ1) is 17.7. The minimum absolute atomic E-state index is 0.0274. The van der Waals surface area contributed by atoms with Gasteiger partial charge < -0.3 is 24.5 Å². The lowest BCUT2D eigenvalue weighted by molar-refractivity contribution is -0.154. The fraction of sp³-hybridized carbons (Fsp3) is 0.759. The highest BCUT2D eigenvalue weighted by Gasteiger charge is 2.58. The molecule has 2 fully saturated rings. The molecule has 0 aliphatic carbocycles. The number of hydrogen-bond acceptors (Lipinski definition) is 9. The molecule has 38 heavy (non-hydrogen) atoms. The Kier molecular flexibility index (Phi) is 9.61. The van der Waals surface area contributed by atoms with Crippen LogP contribution >= 0.6 is 0 Å². The fourth-order valence-corrected chi connectivity index (χ4v) is 6.06. The molecule has 9 heteroatoms. The molecular weight excluding hydrogens is 488 g/mol. The maximum Gasteiger partial charge on any atom is 0.309 e. The van der Waals surface area contributed by atoms with Crippen LogP contribution in [0.2, 0.25) is 0 Å². The molecule has 1 aromatic rings. The summed E-state index contributed by atoms with van der Waals surface area (Å²) >= 11 is 0. The van der Waals surface area contributed by atoms with Crippen LogP contribution in [0.1, 0.15) is 85.2 Å². The number of aryl methyl sites for hydroxylation is 1. The van der Waals surface area contributed by atoms with Crippen molar-refractivity contribution in [3.63, 3.8) is 0 Å². The van der Waals surface area contributed by atoms with Crippen molar-refractivity contribution < 1.29 is 34.1 Å². The minimum atomic E-state index is -1.26. The molecule has 2 saturated heterocycles. The molecule has 3 heterocycles. The van der Waals surface area contributed by atoms with Gasteiger partial charge in [-0.1, -0.05) is 34.1 Å². The Labute approximate surface area is 226 Å². The predicted octanol–water partition coefficient (Wildman–Crippen LogP) is 3.29. The molecule has 214 valence electrons. The number of aliphatic hydroxyl groups excluding tert-OH is 3. The molecule has 0 aromatic carbocycles. The number of oxazole rings is 1. The number of aromatic nitrogens is 1. The van der Waals surface area contributed by atoms with Crippen LogP contribution in [0.5, 0.6) is 0 Å². The first-order valence-electron chi connectivity index (χ1n) is 13.8. The van der Waals surface area contributed by atoms with E-state index in [2.05, 4.69) is 16.8 Å². The predicted molar refractivity (Wildman–Crippen MR) is 143 cm³/mol. The Bertz CT molecular complexity index is 1020. The van der Waals surface area contributed by atoms with Gasteiger partial charge >= 0.3 is 5.97 Å². The van der Waals surface area contributed by atoms with Crippen LogP contribution in [-0.4, -0.2) is 80.0 Å². The summed E-state index contributed by atoms with van der Waals surface area (Å²) in [6.45, 7) is 13.2. The zero-order chi connectivity index (χ0) is 28.4. The summed E-state index contributed by atoms with van der Waals surface area (Å²) in [5.41, 5.74) is 0.00777. The SMILES string of the molecule is C/C(=C\c1coc(C)n1)[C@@H]1C[C@@H]2N(CCO)[C@]2(C)CCC[C@H](C)[C@H](O)[C@@H](C)C(=O)C(C)(C)[C@@H](O)CC(=O)O1. The summed E-state index contributed by atoms with van der Waals surface area (Å²) in [5, 5.41) is 31.6. The highest BCUT2D eigenvalue weighted by Crippen LogP contribution is 2.48. The summed E-state index contributed by atoms with van der Waals surface area (Å²) in [6, 6.07) is 0.0878. The maximum absolute atomic E-state index is 13.3. The van der Waals surface area contributed by atoms with E-state index in [1.807, 2.05) is 19.9 Å². The van der Waals surface area contributed by atoms with E-state index in [4.69, 9.17) is 9.15 Å². The number of Topliss-reactive ketones (excluding diaryl/α,β-unsaturated/α-hetero) is 1. The number of nitrogens with zero attached hydrogens (tertiary/aromatic N) is 2. The quantitative estimate of drug-likeness (QED) is 0.393. The van der Waals surface area contributed by atoms with E-state index < -0.39 is 35.6 Å². The van der Waals surface area contributed by atoms with Gasteiger partial charge in [0.05, 0.1) is 30.7 Å². The average molecular weight is 535 g/mol. The number of β-amino-alcohol motifs (C(OH)–C–C–N with tert-alkyl or cyclic N) is 1. The molecule has 0 bridgehead atoms. The molecule has 1 aromatic heterocycles. The summed E-state index contributed by atoms with van der Waals surface area (Å²) in [4.78, 5) is 33.0. The van der Waals surface area contributed by atoms with Crippen LogP contribution in [0.3, 0.4) is 0 Å². The van der Waals surface area contributed by atoms with E-state index in [9.17, 15) is 24.9 Å². The van der Waals surface area contributed by atoms with Gasteiger partial charge in [-0.15, -0.1) is 0 Å². The number of carbonyl (C=O) groups excluding carboxylic acids is 2. The summed E-state index contributed by atoms with van der Waals surface area (Å²) in [5.74, 6) is -1.13. The van der Waals surface area contributed by atoms with Crippen molar-refractivity contribution >= 4 is 17.8 Å². The maximum atomic E-state index is 13.3. The van der Waals surface area contributed by atoms with Crippen LogP contribution in [0.15, 0.2) is 16.3 Å². The Morgan fingerprint density at radius 1 is 1.24 bits per heavy atom. The molecule has 2 aliphatic rings. The lowest BCUT2D eigenvalue weighted by atomic mass is 9.73. The van der Waals surface area contributed by atoms with Crippen molar-refractivity contribution in [3.05, 3.63) is 23.4 Å². The van der Waals surface area contributed by atoms with Crippen molar-refractivity contribution in [1.82, 2.24) is 9.88 Å². The van der Waals surface area contributed by atoms with Gasteiger partial charge in [-0.3, -0.25) is 14.5 Å². The van der Waals surface area contributed by atoms with Crippen molar-refractivity contribution in [1.29, 1.82) is 0 Å². The van der Waals surface area contributed by atoms with Gasteiger partial charge in [-0.2, -0.15) is 0 Å². The third kappa shape index (κ3) is 6.55. The van der Waals surface area contributed by atoms with Crippen LogP contribution in [-0.2, 0) is 14.3 Å². The lowest BCUT2D eigenvalue weighted by Crippen LogP contribution is -2.45. The van der Waals surface area contributed by atoms with Crippen LogP contribution in [0.25, 0.3) is 6.08 Å². The van der Waals surface area contributed by atoms with E-state index in [0.717, 1.165) is 24.8 Å². The second-order valence-corrected chi connectivity index (χ2v) is 12.1. The molecule has 0 spiro atoms. The molecular formula is C29H46N2O7. The number of carbonyl (C=O) groups is 2. The molecule has 0 saturated carbocycles. The van der Waals surface area contributed by atoms with Crippen LogP contribution in [0.4, 0.5) is 0 Å². The van der Waals surface area contributed by atoms with Crippen LogP contribution in [0, 0.1) is 24.2 Å². The molecule has 8 atom stereocenters. The van der Waals surface area contributed by atoms with E-state index in [1.54, 1.807) is 34.0 Å².